The molecule has 0 aliphatic carbocycles. The van der Waals surface area contributed by atoms with Crippen LogP contribution in [0.25, 0.3) is 0 Å². The third-order valence-corrected chi connectivity index (χ3v) is 1.79. The van der Waals surface area contributed by atoms with Crippen molar-refractivity contribution in [1.82, 2.24) is 9.97 Å². The molecule has 4 nitrogen and oxygen atoms in total. The Hall–Kier alpha value is -2.24. The average molecular weight is 223 g/mol. The van der Waals surface area contributed by atoms with Gasteiger partial charge in [0.25, 0.3) is 5.88 Å². The zero-order valence-corrected chi connectivity index (χ0v) is 8.02. The van der Waals surface area contributed by atoms with Crippen LogP contribution in [-0.4, -0.2) is 9.97 Å². The molecular weight excluding hydrogens is 216 g/mol. The number of anilines is 1. The van der Waals surface area contributed by atoms with E-state index in [1.165, 1.54) is 12.4 Å². The highest BCUT2D eigenvalue weighted by molar-refractivity contribution is 5.42. The van der Waals surface area contributed by atoms with Crippen molar-refractivity contribution in [3.8, 4) is 11.6 Å². The standard InChI is InChI=1S/C10H7F2N3O/c11-6-1-2-7(12)8(5-6)16-10-9(13)14-3-4-15-10/h1-5H,(H2,13,14). The van der Waals surface area contributed by atoms with Gasteiger partial charge in [0.1, 0.15) is 5.82 Å². The number of nitrogens with two attached hydrogens (primary N) is 1. The Morgan fingerprint density at radius 3 is 2.62 bits per heavy atom. The van der Waals surface area contributed by atoms with Gasteiger partial charge in [0.2, 0.25) is 0 Å². The molecule has 2 rings (SSSR count). The van der Waals surface area contributed by atoms with E-state index >= 15 is 0 Å². The van der Waals surface area contributed by atoms with E-state index in [2.05, 4.69) is 9.97 Å². The van der Waals surface area contributed by atoms with Crippen LogP contribution in [0.5, 0.6) is 11.6 Å². The maximum Gasteiger partial charge on any atom is 0.262 e. The van der Waals surface area contributed by atoms with E-state index in [9.17, 15) is 8.78 Å². The van der Waals surface area contributed by atoms with Crippen molar-refractivity contribution in [2.45, 2.75) is 0 Å². The largest absolute Gasteiger partial charge is 0.433 e. The van der Waals surface area contributed by atoms with Gasteiger partial charge in [-0.1, -0.05) is 0 Å². The summed E-state index contributed by atoms with van der Waals surface area (Å²) in [4.78, 5) is 7.45. The molecule has 0 fully saturated rings. The molecule has 16 heavy (non-hydrogen) atoms. The van der Waals surface area contributed by atoms with Crippen molar-refractivity contribution in [1.29, 1.82) is 0 Å². The lowest BCUT2D eigenvalue weighted by atomic mass is 10.3. The van der Waals surface area contributed by atoms with E-state index in [1.54, 1.807) is 0 Å². The van der Waals surface area contributed by atoms with Crippen LogP contribution in [0.3, 0.4) is 0 Å². The van der Waals surface area contributed by atoms with E-state index in [4.69, 9.17) is 10.5 Å². The third kappa shape index (κ3) is 2.05. The molecular formula is C10H7F2N3O. The molecule has 0 aliphatic rings. The highest BCUT2D eigenvalue weighted by Gasteiger charge is 2.09. The molecule has 0 unspecified atom stereocenters. The van der Waals surface area contributed by atoms with Crippen molar-refractivity contribution >= 4 is 5.82 Å². The maximum atomic E-state index is 13.2. The maximum absolute atomic E-state index is 13.2. The van der Waals surface area contributed by atoms with Crippen molar-refractivity contribution in [3.05, 3.63) is 42.2 Å². The topological polar surface area (TPSA) is 61.0 Å². The van der Waals surface area contributed by atoms with E-state index in [0.29, 0.717) is 0 Å². The highest BCUT2D eigenvalue weighted by Crippen LogP contribution is 2.25. The molecule has 0 radical (unpaired) electrons. The number of hydrogen-bond donors (Lipinski definition) is 1. The summed E-state index contributed by atoms with van der Waals surface area (Å²) < 4.78 is 31.0. The number of nitrogens with zero attached hydrogens (tertiary/aromatic N) is 2. The van der Waals surface area contributed by atoms with Gasteiger partial charge in [-0.05, 0) is 12.1 Å². The number of nitrogen functional groups attached to an aromatic ring is 1. The molecule has 0 aliphatic heterocycles. The molecule has 0 saturated carbocycles. The molecule has 0 spiro atoms. The molecule has 0 amide bonds. The van der Waals surface area contributed by atoms with Crippen LogP contribution in [0.2, 0.25) is 0 Å². The van der Waals surface area contributed by atoms with Crippen LogP contribution in [0.4, 0.5) is 14.6 Å². The normalized spacial score (nSPS) is 10.1. The Morgan fingerprint density at radius 1 is 1.12 bits per heavy atom. The third-order valence-electron chi connectivity index (χ3n) is 1.79. The number of benzene rings is 1. The van der Waals surface area contributed by atoms with E-state index in [1.807, 2.05) is 0 Å². The van der Waals surface area contributed by atoms with Gasteiger partial charge in [-0.25, -0.2) is 18.7 Å². The Balaban J connectivity index is 2.34. The van der Waals surface area contributed by atoms with Crippen molar-refractivity contribution < 1.29 is 13.5 Å². The predicted molar refractivity (Wildman–Crippen MR) is 52.9 cm³/mol. The Bertz CT molecular complexity index is 519. The fraction of sp³-hybridized carbons (Fsp3) is 0. The first-order valence-electron chi connectivity index (χ1n) is 4.36. The fourth-order valence-electron chi connectivity index (χ4n) is 1.07. The minimum Gasteiger partial charge on any atom is -0.433 e. The second-order valence-corrected chi connectivity index (χ2v) is 2.92. The predicted octanol–water partition coefficient (Wildman–Crippen LogP) is 2.13. The number of halogens is 2. The van der Waals surface area contributed by atoms with Crippen molar-refractivity contribution in [2.75, 3.05) is 5.73 Å². The quantitative estimate of drug-likeness (QED) is 0.847. The molecule has 1 aromatic carbocycles. The summed E-state index contributed by atoms with van der Waals surface area (Å²) >= 11 is 0. The molecule has 0 bridgehead atoms. The molecule has 82 valence electrons. The summed E-state index contributed by atoms with van der Waals surface area (Å²) in [6.07, 6.45) is 2.70. The van der Waals surface area contributed by atoms with Gasteiger partial charge in [-0.15, -0.1) is 0 Å². The smallest absolute Gasteiger partial charge is 0.262 e. The molecule has 2 aromatic rings. The first kappa shape index (κ1) is 10.3. The van der Waals surface area contributed by atoms with E-state index in [0.717, 1.165) is 18.2 Å². The van der Waals surface area contributed by atoms with Crippen LogP contribution in [0.15, 0.2) is 30.6 Å². The zero-order chi connectivity index (χ0) is 11.5. The Labute approximate surface area is 89.7 Å². The van der Waals surface area contributed by atoms with E-state index < -0.39 is 11.6 Å². The van der Waals surface area contributed by atoms with Crippen molar-refractivity contribution in [2.24, 2.45) is 0 Å². The van der Waals surface area contributed by atoms with Crippen LogP contribution < -0.4 is 10.5 Å². The molecule has 1 aromatic heterocycles. The molecule has 1 heterocycles. The molecule has 2 N–H and O–H groups in total. The lowest BCUT2D eigenvalue weighted by Gasteiger charge is -2.06. The van der Waals surface area contributed by atoms with Gasteiger partial charge in [-0.3, -0.25) is 0 Å². The molecule has 6 heteroatoms. The van der Waals surface area contributed by atoms with Gasteiger partial charge in [0.15, 0.2) is 17.4 Å². The Morgan fingerprint density at radius 2 is 1.88 bits per heavy atom. The summed E-state index contributed by atoms with van der Waals surface area (Å²) in [5.41, 5.74) is 5.44. The first-order chi connectivity index (χ1) is 7.66. The zero-order valence-electron chi connectivity index (χ0n) is 8.02. The van der Waals surface area contributed by atoms with Gasteiger partial charge >= 0.3 is 0 Å². The van der Waals surface area contributed by atoms with E-state index in [-0.39, 0.29) is 17.4 Å². The Kier molecular flexibility index (Phi) is 2.63. The van der Waals surface area contributed by atoms with Crippen LogP contribution >= 0.6 is 0 Å². The average Bonchev–Trinajstić information content (AvgIpc) is 2.27. The second-order valence-electron chi connectivity index (χ2n) is 2.92. The van der Waals surface area contributed by atoms with Crippen LogP contribution in [0.1, 0.15) is 0 Å². The number of ether oxygens (including phenoxy) is 1. The van der Waals surface area contributed by atoms with Gasteiger partial charge in [0, 0.05) is 18.5 Å². The SMILES string of the molecule is Nc1nccnc1Oc1cc(F)ccc1F. The summed E-state index contributed by atoms with van der Waals surface area (Å²) in [6.45, 7) is 0. The fourth-order valence-corrected chi connectivity index (χ4v) is 1.07. The van der Waals surface area contributed by atoms with Crippen LogP contribution in [0, 0.1) is 11.6 Å². The number of rotatable bonds is 2. The van der Waals surface area contributed by atoms with Gasteiger partial charge < -0.3 is 10.5 Å². The number of hydrogen-bond acceptors (Lipinski definition) is 4. The lowest BCUT2D eigenvalue weighted by Crippen LogP contribution is -1.98. The summed E-state index contributed by atoms with van der Waals surface area (Å²) in [5.74, 6) is -1.66. The molecule has 0 saturated heterocycles. The van der Waals surface area contributed by atoms with Crippen molar-refractivity contribution in [3.63, 3.8) is 0 Å². The summed E-state index contributed by atoms with van der Waals surface area (Å²) in [5, 5.41) is 0. The highest BCUT2D eigenvalue weighted by atomic mass is 19.1. The monoisotopic (exact) mass is 223 g/mol. The lowest BCUT2D eigenvalue weighted by molar-refractivity contribution is 0.423. The van der Waals surface area contributed by atoms with Gasteiger partial charge in [0.05, 0.1) is 0 Å². The minimum absolute atomic E-state index is 0.00570. The summed E-state index contributed by atoms with van der Waals surface area (Å²) in [7, 11) is 0. The first-order valence-corrected chi connectivity index (χ1v) is 4.36. The second kappa shape index (κ2) is 4.09. The molecule has 0 atom stereocenters. The summed E-state index contributed by atoms with van der Waals surface area (Å²) in [6, 6.07) is 2.85. The minimum atomic E-state index is -0.702. The van der Waals surface area contributed by atoms with Gasteiger partial charge in [-0.2, -0.15) is 0 Å². The van der Waals surface area contributed by atoms with Crippen LogP contribution in [-0.2, 0) is 0 Å². The number of aromatic nitrogens is 2.